The van der Waals surface area contributed by atoms with Crippen molar-refractivity contribution in [1.29, 1.82) is 0 Å². The van der Waals surface area contributed by atoms with Gasteiger partial charge in [0.25, 0.3) is 0 Å². The molecule has 2 rings (SSSR count). The van der Waals surface area contributed by atoms with Crippen molar-refractivity contribution in [2.45, 2.75) is 0 Å². The zero-order valence-electron chi connectivity index (χ0n) is 11.8. The van der Waals surface area contributed by atoms with E-state index in [-0.39, 0.29) is 5.82 Å². The Balaban J connectivity index is 1.64. The average Bonchev–Trinajstić information content (AvgIpc) is 2.50. The molecule has 0 amide bonds. The molecule has 0 atom stereocenters. The first-order valence-corrected chi connectivity index (χ1v) is 7.39. The minimum Gasteiger partial charge on any atom is -0.370 e. The average molecular weight is 311 g/mol. The summed E-state index contributed by atoms with van der Waals surface area (Å²) in [6.45, 7) is 5.48. The van der Waals surface area contributed by atoms with E-state index in [1.165, 1.54) is 17.2 Å². The molecule has 1 aliphatic heterocycles. The van der Waals surface area contributed by atoms with E-state index in [4.69, 9.17) is 17.0 Å². The van der Waals surface area contributed by atoms with Crippen LogP contribution in [0.5, 0.6) is 0 Å². The second-order valence-corrected chi connectivity index (χ2v) is 5.17. The summed E-state index contributed by atoms with van der Waals surface area (Å²) < 4.78 is 18.6. The smallest absolute Gasteiger partial charge is 0.187 e. The third-order valence-corrected chi connectivity index (χ3v) is 3.47. The van der Waals surface area contributed by atoms with Gasteiger partial charge in [0.1, 0.15) is 18.9 Å². The number of ether oxygens (including phenoxy) is 1. The molecule has 1 heterocycles. The van der Waals surface area contributed by atoms with E-state index < -0.39 is 0 Å². The Bertz CT molecular complexity index is 492. The Morgan fingerprint density at radius 2 is 2.14 bits per heavy atom. The number of hydrazone groups is 1. The third-order valence-electron chi connectivity index (χ3n) is 3.24. The van der Waals surface area contributed by atoms with Crippen LogP contribution in [0, 0.1) is 5.82 Å². The minimum absolute atomic E-state index is 0.308. The quantitative estimate of drug-likeness (QED) is 0.391. The van der Waals surface area contributed by atoms with Gasteiger partial charge in [0.05, 0.1) is 32.5 Å². The molecule has 1 saturated heterocycles. The van der Waals surface area contributed by atoms with Crippen molar-refractivity contribution in [3.63, 3.8) is 0 Å². The molecule has 5 nitrogen and oxygen atoms in total. The van der Waals surface area contributed by atoms with Crippen LogP contribution in [-0.4, -0.2) is 50.7 Å². The van der Waals surface area contributed by atoms with Crippen LogP contribution in [0.4, 0.5) is 4.39 Å². The summed E-state index contributed by atoms with van der Waals surface area (Å²) in [6.07, 6.45) is 1.41. The topological polar surface area (TPSA) is 50.1 Å². The van der Waals surface area contributed by atoms with E-state index in [1.807, 2.05) is 0 Å². The lowest BCUT2D eigenvalue weighted by Gasteiger charge is -2.23. The summed E-state index contributed by atoms with van der Waals surface area (Å²) in [7, 11) is 0. The summed E-state index contributed by atoms with van der Waals surface area (Å²) in [6, 6.07) is 6.44. The highest BCUT2D eigenvalue weighted by Crippen LogP contribution is 2.02. The number of hydrogen-bond donors (Lipinski definition) is 3. The predicted molar refractivity (Wildman–Crippen MR) is 84.1 cm³/mol. The fraction of sp³-hybridized carbons (Fsp3) is 0.429. The van der Waals surface area contributed by atoms with E-state index in [2.05, 4.69) is 15.8 Å². The van der Waals surface area contributed by atoms with Crippen LogP contribution in [-0.2, 0) is 4.74 Å². The van der Waals surface area contributed by atoms with E-state index in [0.29, 0.717) is 10.7 Å². The first-order valence-electron chi connectivity index (χ1n) is 6.98. The summed E-state index contributed by atoms with van der Waals surface area (Å²) in [5.74, 6) is -0.308. The number of morpholine rings is 1. The van der Waals surface area contributed by atoms with Crippen molar-refractivity contribution in [2.24, 2.45) is 5.10 Å². The van der Waals surface area contributed by atoms with Crippen LogP contribution in [0.1, 0.15) is 5.56 Å². The van der Waals surface area contributed by atoms with Gasteiger partial charge in [-0.05, 0) is 18.3 Å². The van der Waals surface area contributed by atoms with Gasteiger partial charge in [-0.25, -0.2) is 4.39 Å². The van der Waals surface area contributed by atoms with Crippen LogP contribution in [0.2, 0.25) is 0 Å². The van der Waals surface area contributed by atoms with E-state index >= 15 is 0 Å². The normalized spacial score (nSPS) is 16.0. The maximum atomic E-state index is 13.3. The highest BCUT2D eigenvalue weighted by atomic mass is 32.1. The first kappa shape index (κ1) is 15.8. The molecule has 0 aromatic heterocycles. The van der Waals surface area contributed by atoms with Crippen molar-refractivity contribution in [3.05, 3.63) is 35.6 Å². The number of benzene rings is 1. The molecule has 114 valence electrons. The van der Waals surface area contributed by atoms with Crippen molar-refractivity contribution in [2.75, 3.05) is 39.4 Å². The second-order valence-electron chi connectivity index (χ2n) is 4.76. The van der Waals surface area contributed by atoms with Gasteiger partial charge < -0.3 is 15.0 Å². The van der Waals surface area contributed by atoms with Gasteiger partial charge in [-0.15, -0.1) is 0 Å². The Hall–Kier alpha value is -1.57. The standard InChI is InChI=1S/C14H19FN4OS/c15-13-4-2-1-3-12(13)11-17-18-14(21)16-5-6-19-7-9-20-10-8-19/h1-4,11H,5-10H2,(H2,16,18,21)/p+1/b17-11-. The maximum Gasteiger partial charge on any atom is 0.187 e. The lowest BCUT2D eigenvalue weighted by atomic mass is 10.2. The van der Waals surface area contributed by atoms with Crippen LogP contribution in [0.15, 0.2) is 29.4 Å². The largest absolute Gasteiger partial charge is 0.370 e. The fourth-order valence-electron chi connectivity index (χ4n) is 2.04. The van der Waals surface area contributed by atoms with Crippen LogP contribution in [0.25, 0.3) is 0 Å². The maximum absolute atomic E-state index is 13.3. The number of thiocarbonyl (C=S) groups is 1. The van der Waals surface area contributed by atoms with Gasteiger partial charge in [0.15, 0.2) is 5.11 Å². The third kappa shape index (κ3) is 5.74. The summed E-state index contributed by atoms with van der Waals surface area (Å²) in [4.78, 5) is 1.51. The number of quaternary nitrogens is 1. The Morgan fingerprint density at radius 3 is 2.90 bits per heavy atom. The van der Waals surface area contributed by atoms with E-state index in [0.717, 1.165) is 39.4 Å². The van der Waals surface area contributed by atoms with Gasteiger partial charge in [0, 0.05) is 5.56 Å². The van der Waals surface area contributed by atoms with Crippen molar-refractivity contribution in [3.8, 4) is 0 Å². The van der Waals surface area contributed by atoms with Gasteiger partial charge in [0.2, 0.25) is 0 Å². The molecular formula is C14H20FN4OS+. The van der Waals surface area contributed by atoms with Crippen LogP contribution >= 0.6 is 12.2 Å². The summed E-state index contributed by atoms with van der Waals surface area (Å²) >= 11 is 5.11. The molecule has 0 saturated carbocycles. The van der Waals surface area contributed by atoms with Crippen molar-refractivity contribution >= 4 is 23.5 Å². The molecule has 1 fully saturated rings. The zero-order valence-corrected chi connectivity index (χ0v) is 12.6. The predicted octanol–water partition coefficient (Wildman–Crippen LogP) is -0.461. The number of nitrogens with zero attached hydrogens (tertiary/aromatic N) is 1. The van der Waals surface area contributed by atoms with Crippen molar-refractivity contribution in [1.82, 2.24) is 10.7 Å². The SMILES string of the molecule is Fc1ccccc1/C=N\NC(=S)NCC[NH+]1CCOCC1. The van der Waals surface area contributed by atoms with E-state index in [9.17, 15) is 4.39 Å². The Kier molecular flexibility index (Phi) is 6.52. The second kappa shape index (κ2) is 8.66. The lowest BCUT2D eigenvalue weighted by Crippen LogP contribution is -3.14. The molecule has 0 bridgehead atoms. The van der Waals surface area contributed by atoms with Gasteiger partial charge in [-0.1, -0.05) is 18.2 Å². The highest BCUT2D eigenvalue weighted by molar-refractivity contribution is 7.80. The molecule has 0 radical (unpaired) electrons. The molecule has 7 heteroatoms. The molecular weight excluding hydrogens is 291 g/mol. The van der Waals surface area contributed by atoms with Gasteiger partial charge >= 0.3 is 0 Å². The minimum atomic E-state index is -0.308. The number of nitrogens with one attached hydrogen (secondary N) is 3. The van der Waals surface area contributed by atoms with Gasteiger partial charge in [-0.3, -0.25) is 5.43 Å². The molecule has 0 spiro atoms. The van der Waals surface area contributed by atoms with Crippen LogP contribution in [0.3, 0.4) is 0 Å². The van der Waals surface area contributed by atoms with Crippen molar-refractivity contribution < 1.29 is 14.0 Å². The highest BCUT2D eigenvalue weighted by Gasteiger charge is 2.12. The van der Waals surface area contributed by atoms with E-state index in [1.54, 1.807) is 18.2 Å². The molecule has 1 aliphatic rings. The fourth-order valence-corrected chi connectivity index (χ4v) is 2.20. The summed E-state index contributed by atoms with van der Waals surface area (Å²) in [5.41, 5.74) is 3.11. The molecule has 1 aromatic carbocycles. The monoisotopic (exact) mass is 311 g/mol. The lowest BCUT2D eigenvalue weighted by molar-refractivity contribution is -0.906. The molecule has 0 aliphatic carbocycles. The Morgan fingerprint density at radius 1 is 1.38 bits per heavy atom. The molecule has 21 heavy (non-hydrogen) atoms. The van der Waals surface area contributed by atoms with Gasteiger partial charge in [-0.2, -0.15) is 5.10 Å². The molecule has 3 N–H and O–H groups in total. The number of rotatable bonds is 5. The Labute approximate surface area is 129 Å². The van der Waals surface area contributed by atoms with Crippen LogP contribution < -0.4 is 15.6 Å². The molecule has 0 unspecified atom stereocenters. The summed E-state index contributed by atoms with van der Waals surface area (Å²) in [5, 5.41) is 7.44. The number of halogens is 1. The zero-order chi connectivity index (χ0) is 14.9. The molecule has 1 aromatic rings. The number of hydrogen-bond acceptors (Lipinski definition) is 3. The first-order chi connectivity index (χ1) is 10.3.